The lowest BCUT2D eigenvalue weighted by Gasteiger charge is -2.36. The first-order valence-electron chi connectivity index (χ1n) is 8.97. The lowest BCUT2D eigenvalue weighted by Crippen LogP contribution is -3.19. The van der Waals surface area contributed by atoms with Crippen molar-refractivity contribution >= 4 is 40.5 Å². The predicted molar refractivity (Wildman–Crippen MR) is 110 cm³/mol. The van der Waals surface area contributed by atoms with Gasteiger partial charge in [0.25, 0.3) is 5.91 Å². The number of anilines is 2. The van der Waals surface area contributed by atoms with Gasteiger partial charge in [0.15, 0.2) is 6.04 Å². The van der Waals surface area contributed by atoms with Gasteiger partial charge in [-0.1, -0.05) is 29.3 Å². The molecule has 1 saturated heterocycles. The molecule has 144 valence electrons. The Kier molecular flexibility index (Phi) is 6.47. The summed E-state index contributed by atoms with van der Waals surface area (Å²) in [5.41, 5.74) is 1.74. The Balaban J connectivity index is 1.57. The number of ether oxygens (including phenoxy) is 1. The summed E-state index contributed by atoms with van der Waals surface area (Å²) in [5.74, 6) is 0.818. The molecule has 1 aliphatic heterocycles. The number of piperazine rings is 1. The van der Waals surface area contributed by atoms with Gasteiger partial charge in [0.05, 0.1) is 44.0 Å². The van der Waals surface area contributed by atoms with Crippen molar-refractivity contribution in [2.24, 2.45) is 0 Å². The topological polar surface area (TPSA) is 46.0 Å². The lowest BCUT2D eigenvalue weighted by molar-refractivity contribution is -0.914. The molecular weight excluding hydrogens is 385 g/mol. The van der Waals surface area contributed by atoms with Crippen LogP contribution in [-0.2, 0) is 4.79 Å². The molecule has 2 aromatic carbocycles. The van der Waals surface area contributed by atoms with Crippen LogP contribution >= 0.6 is 23.2 Å². The molecule has 5 nitrogen and oxygen atoms in total. The van der Waals surface area contributed by atoms with Crippen molar-refractivity contribution in [2.75, 3.05) is 43.5 Å². The van der Waals surface area contributed by atoms with E-state index in [9.17, 15) is 4.79 Å². The van der Waals surface area contributed by atoms with Gasteiger partial charge in [0.1, 0.15) is 5.75 Å². The summed E-state index contributed by atoms with van der Waals surface area (Å²) in [6.07, 6.45) is 0. The molecule has 0 saturated carbocycles. The minimum atomic E-state index is -0.163. The highest BCUT2D eigenvalue weighted by Gasteiger charge is 2.29. The highest BCUT2D eigenvalue weighted by atomic mass is 35.5. The maximum Gasteiger partial charge on any atom is 0.282 e. The predicted octanol–water partition coefficient (Wildman–Crippen LogP) is 2.73. The minimum Gasteiger partial charge on any atom is -0.497 e. The number of hydrogen-bond acceptors (Lipinski definition) is 3. The van der Waals surface area contributed by atoms with E-state index in [1.807, 2.05) is 25.1 Å². The molecule has 0 bridgehead atoms. The van der Waals surface area contributed by atoms with E-state index in [2.05, 4.69) is 16.3 Å². The van der Waals surface area contributed by atoms with Crippen LogP contribution in [0.2, 0.25) is 10.0 Å². The second-order valence-electron chi connectivity index (χ2n) is 6.68. The lowest BCUT2D eigenvalue weighted by atomic mass is 10.2. The first kappa shape index (κ1) is 19.8. The molecule has 1 atom stereocenters. The van der Waals surface area contributed by atoms with Crippen molar-refractivity contribution in [1.29, 1.82) is 0 Å². The van der Waals surface area contributed by atoms with E-state index in [0.29, 0.717) is 15.7 Å². The van der Waals surface area contributed by atoms with Crippen molar-refractivity contribution in [3.8, 4) is 5.75 Å². The second kappa shape index (κ2) is 8.83. The largest absolute Gasteiger partial charge is 0.497 e. The number of carbonyl (C=O) groups excluding carboxylic acids is 1. The van der Waals surface area contributed by atoms with Crippen LogP contribution in [0.25, 0.3) is 0 Å². The molecule has 1 fully saturated rings. The maximum absolute atomic E-state index is 12.6. The number of rotatable bonds is 5. The molecule has 27 heavy (non-hydrogen) atoms. The van der Waals surface area contributed by atoms with Crippen molar-refractivity contribution in [2.45, 2.75) is 13.0 Å². The molecule has 7 heteroatoms. The van der Waals surface area contributed by atoms with Gasteiger partial charge in [-0.25, -0.2) is 0 Å². The van der Waals surface area contributed by atoms with E-state index >= 15 is 0 Å². The van der Waals surface area contributed by atoms with Crippen molar-refractivity contribution in [3.05, 3.63) is 52.5 Å². The highest BCUT2D eigenvalue weighted by molar-refractivity contribution is 6.36. The average molecular weight is 409 g/mol. The first-order chi connectivity index (χ1) is 13.0. The summed E-state index contributed by atoms with van der Waals surface area (Å²) in [7, 11) is 1.68. The summed E-state index contributed by atoms with van der Waals surface area (Å²) < 4.78 is 5.31. The number of nitrogens with zero attached hydrogens (tertiary/aromatic N) is 1. The van der Waals surface area contributed by atoms with E-state index in [1.165, 1.54) is 4.90 Å². The Hall–Kier alpha value is -1.95. The molecule has 2 aromatic rings. The molecule has 2 N–H and O–H groups in total. The molecule has 0 aromatic heterocycles. The fraction of sp³-hybridized carbons (Fsp3) is 0.350. The van der Waals surface area contributed by atoms with Gasteiger partial charge in [-0.05, 0) is 37.3 Å². The number of amides is 1. The van der Waals surface area contributed by atoms with Crippen LogP contribution < -0.4 is 19.9 Å². The van der Waals surface area contributed by atoms with E-state index < -0.39 is 0 Å². The monoisotopic (exact) mass is 408 g/mol. The van der Waals surface area contributed by atoms with Crippen LogP contribution in [0.5, 0.6) is 5.75 Å². The molecule has 0 unspecified atom stereocenters. The standard InChI is InChI=1S/C20H23Cl2N3O2/c1-14(20(26)23-19-7-6-15(21)12-18(19)22)24-8-10-25(11-9-24)16-4-3-5-17(13-16)27-2/h3-7,12-14H,8-11H2,1-2H3,(H,23,26)/p+1/t14-/m1/s1. The van der Waals surface area contributed by atoms with Gasteiger partial charge >= 0.3 is 0 Å². The summed E-state index contributed by atoms with van der Waals surface area (Å²) in [6.45, 7) is 5.51. The van der Waals surface area contributed by atoms with Crippen LogP contribution in [0, 0.1) is 0 Å². The zero-order chi connectivity index (χ0) is 19.4. The van der Waals surface area contributed by atoms with E-state index in [-0.39, 0.29) is 11.9 Å². The molecule has 3 rings (SSSR count). The Morgan fingerprint density at radius 2 is 1.93 bits per heavy atom. The zero-order valence-electron chi connectivity index (χ0n) is 15.5. The van der Waals surface area contributed by atoms with Gasteiger partial charge in [0.2, 0.25) is 0 Å². The number of nitrogens with one attached hydrogen (secondary N) is 2. The third-order valence-corrected chi connectivity index (χ3v) is 5.57. The molecule has 1 amide bonds. The maximum atomic E-state index is 12.6. The summed E-state index contributed by atoms with van der Waals surface area (Å²) in [4.78, 5) is 16.2. The second-order valence-corrected chi connectivity index (χ2v) is 7.53. The third-order valence-electron chi connectivity index (χ3n) is 5.02. The fourth-order valence-electron chi connectivity index (χ4n) is 3.31. The van der Waals surface area contributed by atoms with Crippen molar-refractivity contribution in [1.82, 2.24) is 0 Å². The van der Waals surface area contributed by atoms with Crippen LogP contribution in [-0.4, -0.2) is 45.2 Å². The van der Waals surface area contributed by atoms with Crippen molar-refractivity contribution < 1.29 is 14.4 Å². The summed E-state index contributed by atoms with van der Waals surface area (Å²) in [5, 5.41) is 3.90. The Morgan fingerprint density at radius 1 is 1.19 bits per heavy atom. The number of halogens is 2. The van der Waals surface area contributed by atoms with Crippen LogP contribution in [0.15, 0.2) is 42.5 Å². The molecular formula is C20H24Cl2N3O2+. The molecule has 0 spiro atoms. The third kappa shape index (κ3) is 4.86. The number of quaternary nitrogens is 1. The Labute approximate surface area is 169 Å². The molecule has 1 heterocycles. The van der Waals surface area contributed by atoms with Gasteiger partial charge in [0, 0.05) is 16.8 Å². The Morgan fingerprint density at radius 3 is 2.59 bits per heavy atom. The fourth-order valence-corrected chi connectivity index (χ4v) is 3.77. The van der Waals surface area contributed by atoms with Gasteiger partial charge < -0.3 is 19.9 Å². The van der Waals surface area contributed by atoms with E-state index in [0.717, 1.165) is 37.6 Å². The molecule has 1 aliphatic rings. The number of hydrogen-bond donors (Lipinski definition) is 2. The smallest absolute Gasteiger partial charge is 0.282 e. The van der Waals surface area contributed by atoms with Crippen LogP contribution in [0.3, 0.4) is 0 Å². The zero-order valence-corrected chi connectivity index (χ0v) is 17.0. The first-order valence-corrected chi connectivity index (χ1v) is 9.73. The highest BCUT2D eigenvalue weighted by Crippen LogP contribution is 2.25. The number of methoxy groups -OCH3 is 1. The summed E-state index contributed by atoms with van der Waals surface area (Å²) in [6, 6.07) is 13.0. The minimum absolute atomic E-state index is 0.0379. The van der Waals surface area contributed by atoms with Gasteiger partial charge in [-0.2, -0.15) is 0 Å². The van der Waals surface area contributed by atoms with Crippen LogP contribution in [0.4, 0.5) is 11.4 Å². The quantitative estimate of drug-likeness (QED) is 0.799. The van der Waals surface area contributed by atoms with Gasteiger partial charge in [-0.3, -0.25) is 4.79 Å². The Bertz CT molecular complexity index is 808. The molecule has 0 aliphatic carbocycles. The van der Waals surface area contributed by atoms with E-state index in [4.69, 9.17) is 27.9 Å². The normalized spacial score (nSPS) is 16.1. The molecule has 0 radical (unpaired) electrons. The van der Waals surface area contributed by atoms with Crippen molar-refractivity contribution in [3.63, 3.8) is 0 Å². The van der Waals surface area contributed by atoms with Crippen LogP contribution in [0.1, 0.15) is 6.92 Å². The van der Waals surface area contributed by atoms with E-state index in [1.54, 1.807) is 25.3 Å². The summed E-state index contributed by atoms with van der Waals surface area (Å²) >= 11 is 12.1. The number of carbonyl (C=O) groups is 1. The number of benzene rings is 2. The SMILES string of the molecule is COc1cccc(N2CC[NH+]([C@H](C)C(=O)Nc3ccc(Cl)cc3Cl)CC2)c1. The van der Waals surface area contributed by atoms with Gasteiger partial charge in [-0.15, -0.1) is 0 Å². The average Bonchev–Trinajstić information content (AvgIpc) is 2.69.